The number of halogens is 2. The number of nitrogens with zero attached hydrogens (tertiary/aromatic N) is 1. The maximum atomic E-state index is 13.0. The summed E-state index contributed by atoms with van der Waals surface area (Å²) in [6.07, 6.45) is -3.30. The monoisotopic (exact) mass is 391 g/mol. The summed E-state index contributed by atoms with van der Waals surface area (Å²) in [5.41, 5.74) is 1.57. The van der Waals surface area contributed by atoms with Crippen LogP contribution in [-0.4, -0.2) is 29.5 Å². The average molecular weight is 391 g/mol. The van der Waals surface area contributed by atoms with Gasteiger partial charge < -0.3 is 15.4 Å². The molecular formula is C20H23F2N3O3. The Morgan fingerprint density at radius 3 is 2.57 bits per heavy atom. The quantitative estimate of drug-likeness (QED) is 0.755. The van der Waals surface area contributed by atoms with Gasteiger partial charge in [0.2, 0.25) is 0 Å². The van der Waals surface area contributed by atoms with Crippen LogP contribution in [0.4, 0.5) is 8.78 Å². The van der Waals surface area contributed by atoms with Gasteiger partial charge in [-0.3, -0.25) is 9.59 Å². The summed E-state index contributed by atoms with van der Waals surface area (Å²) < 4.78 is 30.6. The Bertz CT molecular complexity index is 866. The second-order valence-corrected chi connectivity index (χ2v) is 6.42. The number of alkyl halides is 2. The maximum Gasteiger partial charge on any atom is 0.394 e. The summed E-state index contributed by atoms with van der Waals surface area (Å²) in [4.78, 5) is 28.7. The number of nitrogens with one attached hydrogen (secondary N) is 2. The highest BCUT2D eigenvalue weighted by atomic mass is 19.3. The molecule has 0 aliphatic heterocycles. The zero-order chi connectivity index (χ0) is 20.9. The van der Waals surface area contributed by atoms with Crippen LogP contribution in [-0.2, 0) is 0 Å². The van der Waals surface area contributed by atoms with Gasteiger partial charge in [-0.2, -0.15) is 8.78 Å². The molecule has 1 aromatic carbocycles. The van der Waals surface area contributed by atoms with Crippen LogP contribution < -0.4 is 15.4 Å². The average Bonchev–Trinajstić information content (AvgIpc) is 2.60. The first kappa shape index (κ1) is 21.3. The minimum atomic E-state index is -3.30. The van der Waals surface area contributed by atoms with Crippen LogP contribution in [0, 0.1) is 6.92 Å². The summed E-state index contributed by atoms with van der Waals surface area (Å²) in [7, 11) is 0. The molecule has 0 spiro atoms. The third-order valence-electron chi connectivity index (χ3n) is 3.79. The smallest absolute Gasteiger partial charge is 0.394 e. The topological polar surface area (TPSA) is 80.3 Å². The lowest BCUT2D eigenvalue weighted by Crippen LogP contribution is -2.28. The molecule has 1 aromatic heterocycles. The van der Waals surface area contributed by atoms with Crippen molar-refractivity contribution >= 4 is 11.8 Å². The van der Waals surface area contributed by atoms with Crippen LogP contribution in [0.15, 0.2) is 36.4 Å². The van der Waals surface area contributed by atoms with Crippen LogP contribution in [0.3, 0.4) is 0 Å². The molecule has 1 heterocycles. The van der Waals surface area contributed by atoms with Gasteiger partial charge in [-0.1, -0.05) is 12.1 Å². The summed E-state index contributed by atoms with van der Waals surface area (Å²) in [5, 5.41) is 5.42. The lowest BCUT2D eigenvalue weighted by Gasteiger charge is -2.17. The van der Waals surface area contributed by atoms with Gasteiger partial charge in [0.15, 0.2) is 0 Å². The second-order valence-electron chi connectivity index (χ2n) is 6.42. The predicted molar refractivity (Wildman–Crippen MR) is 101 cm³/mol. The van der Waals surface area contributed by atoms with Crippen molar-refractivity contribution in [3.05, 3.63) is 58.9 Å². The third-order valence-corrected chi connectivity index (χ3v) is 3.79. The molecule has 0 bridgehead atoms. The van der Waals surface area contributed by atoms with Gasteiger partial charge in [-0.05, 0) is 50.6 Å². The van der Waals surface area contributed by atoms with Crippen LogP contribution >= 0.6 is 0 Å². The number of carbonyl (C=O) groups excluding carboxylic acids is 2. The van der Waals surface area contributed by atoms with Gasteiger partial charge in [0.05, 0.1) is 6.04 Å². The van der Waals surface area contributed by atoms with E-state index in [2.05, 4.69) is 20.4 Å². The molecule has 2 rings (SSSR count). The summed E-state index contributed by atoms with van der Waals surface area (Å²) in [6, 6.07) is 8.65. The van der Waals surface area contributed by atoms with Gasteiger partial charge in [0, 0.05) is 24.7 Å². The highest BCUT2D eigenvalue weighted by Gasteiger charge is 2.23. The lowest BCUT2D eigenvalue weighted by molar-refractivity contribution is -0.159. The highest BCUT2D eigenvalue weighted by molar-refractivity contribution is 5.98. The van der Waals surface area contributed by atoms with E-state index in [1.807, 2.05) is 0 Å². The van der Waals surface area contributed by atoms with Crippen molar-refractivity contribution in [3.63, 3.8) is 0 Å². The zero-order valence-corrected chi connectivity index (χ0v) is 16.2. The first-order valence-corrected chi connectivity index (χ1v) is 8.83. The Hall–Kier alpha value is -3.03. The molecule has 2 aromatic rings. The van der Waals surface area contributed by atoms with Crippen LogP contribution in [0.1, 0.15) is 58.9 Å². The third kappa shape index (κ3) is 6.00. The Labute approximate surface area is 162 Å². The molecule has 0 aliphatic rings. The molecule has 28 heavy (non-hydrogen) atoms. The standard InChI is InChI=1S/C20H23F2N3O3/c1-5-23-19(27)17-11-15(9-12(2)24-17)18(26)25-13(3)14-7-6-8-16(10-14)28-20(4,21)22/h6-11,13H,5H2,1-4H3,(H,23,27)(H,25,26). The van der Waals surface area contributed by atoms with E-state index in [0.29, 0.717) is 24.7 Å². The van der Waals surface area contributed by atoms with Crippen molar-refractivity contribution in [1.82, 2.24) is 15.6 Å². The van der Waals surface area contributed by atoms with Crippen molar-refractivity contribution in [1.29, 1.82) is 0 Å². The molecular weight excluding hydrogens is 368 g/mol. The molecule has 150 valence electrons. The highest BCUT2D eigenvalue weighted by Crippen LogP contribution is 2.24. The number of carbonyl (C=O) groups is 2. The van der Waals surface area contributed by atoms with E-state index in [1.165, 1.54) is 18.2 Å². The Balaban J connectivity index is 2.16. The van der Waals surface area contributed by atoms with Gasteiger partial charge in [-0.15, -0.1) is 0 Å². The molecule has 0 saturated heterocycles. The number of aryl methyl sites for hydroxylation is 1. The van der Waals surface area contributed by atoms with E-state index in [4.69, 9.17) is 0 Å². The molecule has 0 radical (unpaired) electrons. The van der Waals surface area contributed by atoms with Crippen molar-refractivity contribution in [3.8, 4) is 5.75 Å². The molecule has 0 saturated carbocycles. The van der Waals surface area contributed by atoms with Crippen LogP contribution in [0.5, 0.6) is 5.75 Å². The van der Waals surface area contributed by atoms with E-state index in [9.17, 15) is 18.4 Å². The number of pyridine rings is 1. The summed E-state index contributed by atoms with van der Waals surface area (Å²) >= 11 is 0. The fraction of sp³-hybridized carbons (Fsp3) is 0.350. The van der Waals surface area contributed by atoms with E-state index in [-0.39, 0.29) is 22.9 Å². The Morgan fingerprint density at radius 1 is 1.21 bits per heavy atom. The van der Waals surface area contributed by atoms with Crippen molar-refractivity contribution in [2.45, 2.75) is 39.8 Å². The van der Waals surface area contributed by atoms with E-state index in [0.717, 1.165) is 0 Å². The molecule has 2 N–H and O–H groups in total. The minimum absolute atomic E-state index is 0.00405. The van der Waals surface area contributed by atoms with Crippen molar-refractivity contribution < 1.29 is 23.1 Å². The van der Waals surface area contributed by atoms with Crippen LogP contribution in [0.2, 0.25) is 0 Å². The van der Waals surface area contributed by atoms with Crippen molar-refractivity contribution in [2.75, 3.05) is 6.54 Å². The molecule has 6 nitrogen and oxygen atoms in total. The predicted octanol–water partition coefficient (Wildman–Crippen LogP) is 3.62. The summed E-state index contributed by atoms with van der Waals surface area (Å²) in [5.74, 6) is -0.765. The van der Waals surface area contributed by atoms with Gasteiger partial charge >= 0.3 is 6.11 Å². The fourth-order valence-electron chi connectivity index (χ4n) is 2.58. The first-order valence-electron chi connectivity index (χ1n) is 8.83. The van der Waals surface area contributed by atoms with E-state index >= 15 is 0 Å². The van der Waals surface area contributed by atoms with E-state index in [1.54, 1.807) is 39.0 Å². The lowest BCUT2D eigenvalue weighted by atomic mass is 10.1. The number of benzene rings is 1. The largest absolute Gasteiger partial charge is 0.433 e. The first-order chi connectivity index (χ1) is 13.1. The van der Waals surface area contributed by atoms with Crippen molar-refractivity contribution in [2.24, 2.45) is 0 Å². The molecule has 0 fully saturated rings. The zero-order valence-electron chi connectivity index (χ0n) is 16.2. The normalized spacial score (nSPS) is 12.2. The molecule has 0 aliphatic carbocycles. The number of aromatic nitrogens is 1. The Morgan fingerprint density at radius 2 is 1.93 bits per heavy atom. The second kappa shape index (κ2) is 8.77. The maximum absolute atomic E-state index is 13.0. The fourth-order valence-corrected chi connectivity index (χ4v) is 2.58. The molecule has 1 unspecified atom stereocenters. The van der Waals surface area contributed by atoms with Gasteiger partial charge in [0.25, 0.3) is 11.8 Å². The Kier molecular flexibility index (Phi) is 6.66. The number of ether oxygens (including phenoxy) is 1. The number of hydrogen-bond acceptors (Lipinski definition) is 4. The molecule has 2 amide bonds. The number of hydrogen-bond donors (Lipinski definition) is 2. The SMILES string of the molecule is CCNC(=O)c1cc(C(=O)NC(C)c2cccc(OC(C)(F)F)c2)cc(C)n1. The minimum Gasteiger partial charge on any atom is -0.433 e. The van der Waals surface area contributed by atoms with Gasteiger partial charge in [-0.25, -0.2) is 4.98 Å². The van der Waals surface area contributed by atoms with E-state index < -0.39 is 18.1 Å². The summed E-state index contributed by atoms with van der Waals surface area (Å²) in [6.45, 7) is 6.30. The number of amides is 2. The molecule has 1 atom stereocenters. The van der Waals surface area contributed by atoms with Gasteiger partial charge in [0.1, 0.15) is 11.4 Å². The van der Waals surface area contributed by atoms with Crippen LogP contribution in [0.25, 0.3) is 0 Å². The molecule has 8 heteroatoms. The number of rotatable bonds is 7.